The molecule has 0 bridgehead atoms. The van der Waals surface area contributed by atoms with Gasteiger partial charge in [-0.05, 0) is 72.7 Å². The summed E-state index contributed by atoms with van der Waals surface area (Å²) in [5.41, 5.74) is 5.12. The van der Waals surface area contributed by atoms with Gasteiger partial charge in [-0.25, -0.2) is 13.4 Å². The Labute approximate surface area is 239 Å². The van der Waals surface area contributed by atoms with Crippen molar-refractivity contribution in [2.24, 2.45) is 10.9 Å². The number of para-hydroxylation sites is 2. The second-order valence-electron chi connectivity index (χ2n) is 10.1. The summed E-state index contributed by atoms with van der Waals surface area (Å²) in [6.45, 7) is 1.12. The number of rotatable bonds is 7. The standard InChI is InChI=1S/C33H31N3O2S2/c37-40(38,35-22-20-27(21-23-35)24-26-10-4-1-5-11-26)31-18-16-28(17-19-31)32-25-39-33(34-29-12-6-2-7-13-29)36(32)30-14-8-3-9-15-30/h1-19,25,27H,20-24H2. The van der Waals surface area contributed by atoms with Crippen LogP contribution >= 0.6 is 11.3 Å². The Hall–Kier alpha value is -3.78. The Balaban J connectivity index is 1.24. The van der Waals surface area contributed by atoms with Gasteiger partial charge in [-0.15, -0.1) is 11.3 Å². The predicted molar refractivity (Wildman–Crippen MR) is 162 cm³/mol. The van der Waals surface area contributed by atoms with Crippen LogP contribution in [0.15, 0.2) is 131 Å². The van der Waals surface area contributed by atoms with Crippen molar-refractivity contribution >= 4 is 27.0 Å². The first-order chi connectivity index (χ1) is 19.6. The summed E-state index contributed by atoms with van der Waals surface area (Å²) in [4.78, 5) is 6.08. The van der Waals surface area contributed by atoms with Crippen LogP contribution in [0.5, 0.6) is 0 Å². The Morgan fingerprint density at radius 1 is 0.750 bits per heavy atom. The van der Waals surface area contributed by atoms with Gasteiger partial charge in [0.2, 0.25) is 10.0 Å². The molecule has 6 rings (SSSR count). The first kappa shape index (κ1) is 26.4. The van der Waals surface area contributed by atoms with E-state index in [-0.39, 0.29) is 0 Å². The van der Waals surface area contributed by atoms with Crippen molar-refractivity contribution in [2.75, 3.05) is 13.1 Å². The van der Waals surface area contributed by atoms with E-state index in [9.17, 15) is 8.42 Å². The van der Waals surface area contributed by atoms with Gasteiger partial charge in [-0.2, -0.15) is 4.31 Å². The molecule has 1 aliphatic heterocycles. The summed E-state index contributed by atoms with van der Waals surface area (Å²) in [6.07, 6.45) is 2.77. The number of nitrogens with zero attached hydrogens (tertiary/aromatic N) is 3. The highest BCUT2D eigenvalue weighted by Gasteiger charge is 2.29. The highest BCUT2D eigenvalue weighted by molar-refractivity contribution is 7.89. The number of hydrogen-bond acceptors (Lipinski definition) is 4. The molecule has 7 heteroatoms. The average Bonchev–Trinajstić information content (AvgIpc) is 3.42. The first-order valence-corrected chi connectivity index (χ1v) is 15.9. The lowest BCUT2D eigenvalue weighted by Crippen LogP contribution is -2.38. The number of thiazole rings is 1. The fourth-order valence-corrected chi connectivity index (χ4v) is 7.67. The van der Waals surface area contributed by atoms with E-state index in [0.29, 0.717) is 23.9 Å². The number of sulfonamides is 1. The van der Waals surface area contributed by atoms with Gasteiger partial charge in [0.25, 0.3) is 0 Å². The van der Waals surface area contributed by atoms with E-state index >= 15 is 0 Å². The van der Waals surface area contributed by atoms with E-state index in [0.717, 1.165) is 46.7 Å². The molecule has 1 aliphatic rings. The molecule has 202 valence electrons. The summed E-state index contributed by atoms with van der Waals surface area (Å²) in [5, 5.41) is 2.08. The zero-order valence-corrected chi connectivity index (χ0v) is 23.8. The molecule has 5 aromatic rings. The minimum Gasteiger partial charge on any atom is -0.285 e. The van der Waals surface area contributed by atoms with Crippen LogP contribution in [0.2, 0.25) is 0 Å². The van der Waals surface area contributed by atoms with E-state index in [1.54, 1.807) is 27.8 Å². The van der Waals surface area contributed by atoms with Gasteiger partial charge < -0.3 is 0 Å². The summed E-state index contributed by atoms with van der Waals surface area (Å²) >= 11 is 1.56. The lowest BCUT2D eigenvalue weighted by molar-refractivity contribution is 0.273. The van der Waals surface area contributed by atoms with Gasteiger partial charge in [0.15, 0.2) is 4.80 Å². The lowest BCUT2D eigenvalue weighted by Gasteiger charge is -2.31. The molecule has 1 saturated heterocycles. The van der Waals surface area contributed by atoms with Gasteiger partial charge >= 0.3 is 0 Å². The molecule has 0 spiro atoms. The first-order valence-electron chi connectivity index (χ1n) is 13.6. The van der Waals surface area contributed by atoms with Gasteiger partial charge in [0.1, 0.15) is 0 Å². The smallest absolute Gasteiger partial charge is 0.243 e. The van der Waals surface area contributed by atoms with Crippen LogP contribution in [0.1, 0.15) is 18.4 Å². The zero-order chi connectivity index (χ0) is 27.4. The van der Waals surface area contributed by atoms with Crippen LogP contribution < -0.4 is 4.80 Å². The highest BCUT2D eigenvalue weighted by atomic mass is 32.2. The molecule has 4 aromatic carbocycles. The molecule has 0 saturated carbocycles. The Morgan fingerprint density at radius 3 is 2.00 bits per heavy atom. The number of piperidine rings is 1. The summed E-state index contributed by atoms with van der Waals surface area (Å²) in [6, 6.07) is 37.8. The number of hydrogen-bond donors (Lipinski definition) is 0. The van der Waals surface area contributed by atoms with Gasteiger partial charge in [-0.3, -0.25) is 4.57 Å². The molecule has 1 aromatic heterocycles. The van der Waals surface area contributed by atoms with Crippen LogP contribution in [0.3, 0.4) is 0 Å². The molecular formula is C33H31N3O2S2. The monoisotopic (exact) mass is 565 g/mol. The fraction of sp³-hybridized carbons (Fsp3) is 0.182. The van der Waals surface area contributed by atoms with Crippen molar-refractivity contribution in [1.82, 2.24) is 8.87 Å². The fourth-order valence-electron chi connectivity index (χ4n) is 5.28. The molecule has 0 aliphatic carbocycles. The molecule has 2 heterocycles. The van der Waals surface area contributed by atoms with Crippen LogP contribution in [-0.4, -0.2) is 30.4 Å². The van der Waals surface area contributed by atoms with Crippen molar-refractivity contribution in [3.8, 4) is 16.9 Å². The minimum atomic E-state index is -3.54. The Kier molecular flexibility index (Phi) is 7.77. The van der Waals surface area contributed by atoms with E-state index in [1.165, 1.54) is 5.56 Å². The second-order valence-corrected chi connectivity index (χ2v) is 12.9. The van der Waals surface area contributed by atoms with Crippen molar-refractivity contribution in [3.63, 3.8) is 0 Å². The molecule has 0 radical (unpaired) electrons. The Bertz CT molecular complexity index is 1720. The Morgan fingerprint density at radius 2 is 1.35 bits per heavy atom. The maximum atomic E-state index is 13.5. The molecule has 0 unspecified atom stereocenters. The highest BCUT2D eigenvalue weighted by Crippen LogP contribution is 2.29. The third-order valence-electron chi connectivity index (χ3n) is 7.43. The van der Waals surface area contributed by atoms with Gasteiger partial charge in [-0.1, -0.05) is 78.9 Å². The van der Waals surface area contributed by atoms with E-state index in [2.05, 4.69) is 46.3 Å². The summed E-state index contributed by atoms with van der Waals surface area (Å²) < 4.78 is 30.8. The maximum Gasteiger partial charge on any atom is 0.243 e. The quantitative estimate of drug-likeness (QED) is 0.212. The average molecular weight is 566 g/mol. The topological polar surface area (TPSA) is 54.7 Å². The SMILES string of the molecule is O=S(=O)(c1ccc(-c2csc(=Nc3ccccc3)n2-c2ccccc2)cc1)N1CCC(Cc2ccccc2)CC1. The van der Waals surface area contributed by atoms with Crippen molar-refractivity contribution in [3.05, 3.63) is 131 Å². The minimum absolute atomic E-state index is 0.341. The van der Waals surface area contributed by atoms with Crippen LogP contribution in [0.4, 0.5) is 5.69 Å². The van der Waals surface area contributed by atoms with Crippen LogP contribution in [0.25, 0.3) is 16.9 Å². The largest absolute Gasteiger partial charge is 0.285 e. The normalized spacial score (nSPS) is 15.3. The molecule has 1 fully saturated rings. The van der Waals surface area contributed by atoms with Crippen LogP contribution in [0, 0.1) is 5.92 Å². The van der Waals surface area contributed by atoms with Crippen molar-refractivity contribution < 1.29 is 8.42 Å². The number of benzene rings is 4. The van der Waals surface area contributed by atoms with Gasteiger partial charge in [0.05, 0.1) is 16.3 Å². The van der Waals surface area contributed by atoms with Crippen molar-refractivity contribution in [1.29, 1.82) is 0 Å². The number of aromatic nitrogens is 1. The molecule has 0 amide bonds. The zero-order valence-electron chi connectivity index (χ0n) is 22.1. The molecule has 5 nitrogen and oxygen atoms in total. The molecule has 0 N–H and O–H groups in total. The second kappa shape index (κ2) is 11.8. The summed E-state index contributed by atoms with van der Waals surface area (Å²) in [5.74, 6) is 0.513. The third kappa shape index (κ3) is 5.72. The molecule has 40 heavy (non-hydrogen) atoms. The lowest BCUT2D eigenvalue weighted by atomic mass is 9.91. The van der Waals surface area contributed by atoms with E-state index in [1.807, 2.05) is 66.7 Å². The van der Waals surface area contributed by atoms with Crippen molar-refractivity contribution in [2.45, 2.75) is 24.2 Å². The molecular weight excluding hydrogens is 535 g/mol. The third-order valence-corrected chi connectivity index (χ3v) is 10.2. The predicted octanol–water partition coefficient (Wildman–Crippen LogP) is 7.08. The van der Waals surface area contributed by atoms with E-state index in [4.69, 9.17) is 4.99 Å². The summed E-state index contributed by atoms with van der Waals surface area (Å²) in [7, 11) is -3.54. The van der Waals surface area contributed by atoms with Gasteiger partial charge in [0, 0.05) is 24.2 Å². The van der Waals surface area contributed by atoms with E-state index < -0.39 is 10.0 Å². The molecule has 0 atom stereocenters. The maximum absolute atomic E-state index is 13.5. The van der Waals surface area contributed by atoms with Crippen LogP contribution in [-0.2, 0) is 16.4 Å².